The van der Waals surface area contributed by atoms with Crippen LogP contribution in [0.25, 0.3) is 0 Å². The lowest BCUT2D eigenvalue weighted by atomic mass is 10.0. The third-order valence-electron chi connectivity index (χ3n) is 5.33. The van der Waals surface area contributed by atoms with Gasteiger partial charge in [-0.1, -0.05) is 30.3 Å². The quantitative estimate of drug-likeness (QED) is 0.596. The number of nitrogens with zero attached hydrogens (tertiary/aromatic N) is 1. The smallest absolute Gasteiger partial charge is 0.339 e. The fraction of sp³-hybridized carbons (Fsp3) is 0.167. The van der Waals surface area contributed by atoms with Crippen LogP contribution in [0.2, 0.25) is 0 Å². The van der Waals surface area contributed by atoms with Gasteiger partial charge in [0.15, 0.2) is 0 Å². The summed E-state index contributed by atoms with van der Waals surface area (Å²) in [5.74, 6) is -0.944. The maximum atomic E-state index is 13.1. The van der Waals surface area contributed by atoms with Crippen LogP contribution in [0.15, 0.2) is 77.7 Å². The molecule has 0 saturated heterocycles. The Morgan fingerprint density at radius 2 is 1.69 bits per heavy atom. The molecule has 0 spiro atoms. The second kappa shape index (κ2) is 8.84. The summed E-state index contributed by atoms with van der Waals surface area (Å²) in [5.41, 5.74) is 2.33. The molecule has 0 aliphatic carbocycles. The maximum absolute atomic E-state index is 13.1. The number of hydrogen-bond donors (Lipinski definition) is 1. The van der Waals surface area contributed by atoms with Gasteiger partial charge < -0.3 is 10.1 Å². The first-order valence-electron chi connectivity index (χ1n) is 10.1. The van der Waals surface area contributed by atoms with E-state index >= 15 is 0 Å². The van der Waals surface area contributed by atoms with Gasteiger partial charge in [0, 0.05) is 12.1 Å². The molecule has 1 aliphatic heterocycles. The second-order valence-electron chi connectivity index (χ2n) is 7.33. The van der Waals surface area contributed by atoms with Gasteiger partial charge in [0.1, 0.15) is 0 Å². The third kappa shape index (κ3) is 4.09. The van der Waals surface area contributed by atoms with Crippen molar-refractivity contribution in [2.45, 2.75) is 17.7 Å². The number of ether oxygens (including phenoxy) is 1. The zero-order chi connectivity index (χ0) is 22.7. The Balaban J connectivity index is 1.62. The molecule has 0 radical (unpaired) electrons. The zero-order valence-electron chi connectivity index (χ0n) is 17.4. The van der Waals surface area contributed by atoms with E-state index in [2.05, 4.69) is 5.32 Å². The molecule has 4 rings (SSSR count). The van der Waals surface area contributed by atoms with Crippen molar-refractivity contribution in [1.29, 1.82) is 0 Å². The number of para-hydroxylation sites is 1. The number of rotatable bonds is 5. The molecule has 0 fully saturated rings. The van der Waals surface area contributed by atoms with E-state index in [4.69, 9.17) is 4.74 Å². The highest BCUT2D eigenvalue weighted by molar-refractivity contribution is 7.92. The number of esters is 1. The number of fused-ring (bicyclic) bond motifs is 1. The Morgan fingerprint density at radius 1 is 0.969 bits per heavy atom. The van der Waals surface area contributed by atoms with Crippen molar-refractivity contribution >= 4 is 33.3 Å². The first-order valence-corrected chi connectivity index (χ1v) is 11.6. The van der Waals surface area contributed by atoms with Crippen molar-refractivity contribution in [2.24, 2.45) is 0 Å². The predicted molar refractivity (Wildman–Crippen MR) is 121 cm³/mol. The van der Waals surface area contributed by atoms with Gasteiger partial charge in [-0.15, -0.1) is 0 Å². The minimum Gasteiger partial charge on any atom is -0.465 e. The van der Waals surface area contributed by atoms with Crippen LogP contribution in [0.1, 0.15) is 32.7 Å². The van der Waals surface area contributed by atoms with E-state index in [-0.39, 0.29) is 10.5 Å². The number of aryl methyl sites for hydroxylation is 1. The predicted octanol–water partition coefficient (Wildman–Crippen LogP) is 3.87. The van der Waals surface area contributed by atoms with E-state index in [1.807, 2.05) is 0 Å². The van der Waals surface area contributed by atoms with Gasteiger partial charge in [0.05, 0.1) is 28.9 Å². The number of carbonyl (C=O) groups is 2. The van der Waals surface area contributed by atoms with Crippen LogP contribution in [0.5, 0.6) is 0 Å². The number of benzene rings is 3. The summed E-state index contributed by atoms with van der Waals surface area (Å²) in [5, 5.41) is 2.74. The van der Waals surface area contributed by atoms with E-state index in [0.29, 0.717) is 36.3 Å². The number of carbonyl (C=O) groups excluding carboxylic acids is 2. The van der Waals surface area contributed by atoms with Crippen LogP contribution < -0.4 is 9.62 Å². The standard InChI is InChI=1S/C24H22N2O5S/c1-31-24(28)20-11-5-6-12-21(20)25-23(27)18-13-14-22-17(16-18)8-7-15-26(22)32(29,30)19-9-3-2-4-10-19/h2-6,9-14,16H,7-8,15H2,1H3,(H,25,27). The molecule has 8 heteroatoms. The molecule has 0 atom stereocenters. The number of amides is 1. The van der Waals surface area contributed by atoms with Gasteiger partial charge in [0.2, 0.25) is 0 Å². The van der Waals surface area contributed by atoms with E-state index in [9.17, 15) is 18.0 Å². The molecule has 32 heavy (non-hydrogen) atoms. The largest absolute Gasteiger partial charge is 0.465 e. The lowest BCUT2D eigenvalue weighted by Gasteiger charge is -2.30. The van der Waals surface area contributed by atoms with Crippen LogP contribution in [-0.4, -0.2) is 33.9 Å². The van der Waals surface area contributed by atoms with E-state index in [1.165, 1.54) is 11.4 Å². The number of nitrogens with one attached hydrogen (secondary N) is 1. The minimum atomic E-state index is -3.69. The SMILES string of the molecule is COC(=O)c1ccccc1NC(=O)c1ccc2c(c1)CCCN2S(=O)(=O)c1ccccc1. The van der Waals surface area contributed by atoms with Crippen LogP contribution >= 0.6 is 0 Å². The highest BCUT2D eigenvalue weighted by Gasteiger charge is 2.29. The molecule has 1 amide bonds. The molecule has 1 heterocycles. The summed E-state index contributed by atoms with van der Waals surface area (Å²) in [4.78, 5) is 25.1. The topological polar surface area (TPSA) is 92.8 Å². The Morgan fingerprint density at radius 3 is 2.44 bits per heavy atom. The summed E-state index contributed by atoms with van der Waals surface area (Å²) in [6, 6.07) is 19.8. The van der Waals surface area contributed by atoms with Crippen molar-refractivity contribution in [3.8, 4) is 0 Å². The number of methoxy groups -OCH3 is 1. The zero-order valence-corrected chi connectivity index (χ0v) is 18.3. The highest BCUT2D eigenvalue weighted by Crippen LogP contribution is 2.33. The van der Waals surface area contributed by atoms with Gasteiger partial charge in [-0.3, -0.25) is 9.10 Å². The van der Waals surface area contributed by atoms with Crippen molar-refractivity contribution in [3.05, 3.63) is 89.5 Å². The first kappa shape index (κ1) is 21.6. The first-order chi connectivity index (χ1) is 15.4. The Hall–Kier alpha value is -3.65. The summed E-state index contributed by atoms with van der Waals surface area (Å²) in [6.45, 7) is 0.377. The van der Waals surface area contributed by atoms with Crippen LogP contribution in [0.3, 0.4) is 0 Å². The molecule has 1 aliphatic rings. The Labute approximate surface area is 186 Å². The van der Waals surface area contributed by atoms with Gasteiger partial charge in [-0.25, -0.2) is 13.2 Å². The molecule has 7 nitrogen and oxygen atoms in total. The van der Waals surface area contributed by atoms with E-state index in [0.717, 1.165) is 5.56 Å². The number of hydrogen-bond acceptors (Lipinski definition) is 5. The second-order valence-corrected chi connectivity index (χ2v) is 9.19. The lowest BCUT2D eigenvalue weighted by Crippen LogP contribution is -2.35. The summed E-state index contributed by atoms with van der Waals surface area (Å²) in [7, 11) is -2.42. The Kier molecular flexibility index (Phi) is 5.96. The Bertz CT molecular complexity index is 1270. The molecule has 0 unspecified atom stereocenters. The number of anilines is 2. The van der Waals surface area contributed by atoms with E-state index in [1.54, 1.807) is 72.8 Å². The summed E-state index contributed by atoms with van der Waals surface area (Å²) in [6.07, 6.45) is 1.31. The van der Waals surface area contributed by atoms with Crippen molar-refractivity contribution in [2.75, 3.05) is 23.3 Å². The monoisotopic (exact) mass is 450 g/mol. The van der Waals surface area contributed by atoms with Gasteiger partial charge >= 0.3 is 5.97 Å². The average Bonchev–Trinajstić information content (AvgIpc) is 2.83. The fourth-order valence-electron chi connectivity index (χ4n) is 3.75. The molecule has 3 aromatic carbocycles. The fourth-order valence-corrected chi connectivity index (χ4v) is 5.31. The van der Waals surface area contributed by atoms with E-state index < -0.39 is 21.9 Å². The molecular weight excluding hydrogens is 428 g/mol. The summed E-state index contributed by atoms with van der Waals surface area (Å²) >= 11 is 0. The minimum absolute atomic E-state index is 0.231. The normalized spacial score (nSPS) is 13.2. The van der Waals surface area contributed by atoms with Crippen LogP contribution in [0.4, 0.5) is 11.4 Å². The maximum Gasteiger partial charge on any atom is 0.339 e. The van der Waals surface area contributed by atoms with Crippen LogP contribution in [-0.2, 0) is 21.2 Å². The molecule has 1 N–H and O–H groups in total. The molecule has 164 valence electrons. The molecule has 0 aromatic heterocycles. The average molecular weight is 451 g/mol. The van der Waals surface area contributed by atoms with Crippen molar-refractivity contribution < 1.29 is 22.7 Å². The molecule has 0 bridgehead atoms. The molecular formula is C24H22N2O5S. The molecule has 0 saturated carbocycles. The van der Waals surface area contributed by atoms with Gasteiger partial charge in [-0.2, -0.15) is 0 Å². The third-order valence-corrected chi connectivity index (χ3v) is 7.16. The summed E-state index contributed by atoms with van der Waals surface area (Å²) < 4.78 is 32.4. The molecule has 3 aromatic rings. The highest BCUT2D eigenvalue weighted by atomic mass is 32.2. The number of sulfonamides is 1. The van der Waals surface area contributed by atoms with Crippen LogP contribution in [0, 0.1) is 0 Å². The lowest BCUT2D eigenvalue weighted by molar-refractivity contribution is 0.0602. The van der Waals surface area contributed by atoms with Gasteiger partial charge in [-0.05, 0) is 60.9 Å². The van der Waals surface area contributed by atoms with Gasteiger partial charge in [0.25, 0.3) is 15.9 Å². The van der Waals surface area contributed by atoms with Crippen molar-refractivity contribution in [3.63, 3.8) is 0 Å². The van der Waals surface area contributed by atoms with Crippen molar-refractivity contribution in [1.82, 2.24) is 0 Å².